The van der Waals surface area contributed by atoms with E-state index in [0.29, 0.717) is 17.1 Å². The van der Waals surface area contributed by atoms with Gasteiger partial charge in [0.1, 0.15) is 5.75 Å². The number of benzene rings is 1. The number of imidazole rings is 1. The van der Waals surface area contributed by atoms with Gasteiger partial charge in [-0.1, -0.05) is 12.1 Å². The third-order valence-electron chi connectivity index (χ3n) is 3.10. The first-order valence-electron chi connectivity index (χ1n) is 6.42. The van der Waals surface area contributed by atoms with Crippen molar-refractivity contribution in [1.82, 2.24) is 15.0 Å². The van der Waals surface area contributed by atoms with Crippen LogP contribution in [0.15, 0.2) is 55.0 Å². The number of carbonyl (C=O) groups is 1. The molecule has 0 fully saturated rings. The Kier molecular flexibility index (Phi) is 3.47. The molecule has 3 rings (SSSR count). The van der Waals surface area contributed by atoms with E-state index >= 15 is 0 Å². The second kappa shape index (κ2) is 5.58. The molecule has 3 aromatic rings. The first kappa shape index (κ1) is 13.1. The van der Waals surface area contributed by atoms with Crippen LogP contribution in [0.1, 0.15) is 16.2 Å². The van der Waals surface area contributed by atoms with Gasteiger partial charge in [0.15, 0.2) is 5.82 Å². The van der Waals surface area contributed by atoms with Gasteiger partial charge >= 0.3 is 0 Å². The minimum atomic E-state index is -0.161. The second-order valence-electron chi connectivity index (χ2n) is 4.43. The van der Waals surface area contributed by atoms with E-state index in [2.05, 4.69) is 15.0 Å². The molecule has 1 N–H and O–H groups in total. The average molecular weight is 279 g/mol. The van der Waals surface area contributed by atoms with E-state index in [4.69, 9.17) is 4.74 Å². The lowest BCUT2D eigenvalue weighted by molar-refractivity contribution is 0.103. The van der Waals surface area contributed by atoms with Gasteiger partial charge in [0.25, 0.3) is 0 Å². The number of nitrogens with zero attached hydrogens (tertiary/aromatic N) is 2. The Morgan fingerprint density at radius 1 is 1.14 bits per heavy atom. The molecule has 0 amide bonds. The third-order valence-corrected chi connectivity index (χ3v) is 3.10. The number of aromatic nitrogens is 3. The molecule has 0 atom stereocenters. The van der Waals surface area contributed by atoms with E-state index in [1.807, 2.05) is 24.3 Å². The fourth-order valence-corrected chi connectivity index (χ4v) is 2.04. The fourth-order valence-electron chi connectivity index (χ4n) is 2.04. The third kappa shape index (κ3) is 2.67. The number of H-pyrrole nitrogens is 1. The molecule has 104 valence electrons. The number of carbonyl (C=O) groups excluding carboxylic acids is 1. The van der Waals surface area contributed by atoms with Crippen molar-refractivity contribution in [2.45, 2.75) is 0 Å². The Bertz CT molecular complexity index is 767. The van der Waals surface area contributed by atoms with E-state index in [9.17, 15) is 4.79 Å². The summed E-state index contributed by atoms with van der Waals surface area (Å²) in [6.45, 7) is 0. The Hall–Kier alpha value is -2.95. The van der Waals surface area contributed by atoms with Crippen LogP contribution < -0.4 is 4.74 Å². The van der Waals surface area contributed by atoms with Gasteiger partial charge in [-0.05, 0) is 24.3 Å². The summed E-state index contributed by atoms with van der Waals surface area (Å²) in [6, 6.07) is 11.0. The van der Waals surface area contributed by atoms with Crippen molar-refractivity contribution in [3.8, 4) is 17.0 Å². The lowest BCUT2D eigenvalue weighted by Crippen LogP contribution is -2.04. The van der Waals surface area contributed by atoms with Crippen LogP contribution >= 0.6 is 0 Å². The molecule has 0 spiro atoms. The number of aromatic amines is 1. The maximum atomic E-state index is 12.3. The summed E-state index contributed by atoms with van der Waals surface area (Å²) in [5, 5.41) is 0. The highest BCUT2D eigenvalue weighted by Gasteiger charge is 2.12. The summed E-state index contributed by atoms with van der Waals surface area (Å²) in [4.78, 5) is 23.4. The topological polar surface area (TPSA) is 67.9 Å². The van der Waals surface area contributed by atoms with Crippen molar-refractivity contribution in [2.75, 3.05) is 7.11 Å². The van der Waals surface area contributed by atoms with Crippen molar-refractivity contribution >= 4 is 5.78 Å². The fraction of sp³-hybridized carbons (Fsp3) is 0.0625. The summed E-state index contributed by atoms with van der Waals surface area (Å²) < 4.78 is 5.20. The quantitative estimate of drug-likeness (QED) is 0.746. The monoisotopic (exact) mass is 279 g/mol. The predicted octanol–water partition coefficient (Wildman–Crippen LogP) is 2.71. The molecule has 0 saturated heterocycles. The zero-order chi connectivity index (χ0) is 14.7. The van der Waals surface area contributed by atoms with Crippen LogP contribution in [0.5, 0.6) is 5.75 Å². The van der Waals surface area contributed by atoms with Gasteiger partial charge in [-0.3, -0.25) is 9.78 Å². The number of hydrogen-bond acceptors (Lipinski definition) is 4. The molecule has 2 heterocycles. The Labute approximate surface area is 121 Å². The summed E-state index contributed by atoms with van der Waals surface area (Å²) in [5.74, 6) is 0.904. The van der Waals surface area contributed by atoms with Crippen molar-refractivity contribution in [3.05, 3.63) is 66.4 Å². The van der Waals surface area contributed by atoms with Crippen molar-refractivity contribution < 1.29 is 9.53 Å². The van der Waals surface area contributed by atoms with Gasteiger partial charge in [-0.15, -0.1) is 0 Å². The number of hydrogen-bond donors (Lipinski definition) is 1. The molecule has 0 unspecified atom stereocenters. The highest BCUT2D eigenvalue weighted by molar-refractivity contribution is 6.06. The molecule has 5 heteroatoms. The summed E-state index contributed by atoms with van der Waals surface area (Å²) >= 11 is 0. The number of ether oxygens (including phenoxy) is 1. The average Bonchev–Trinajstić information content (AvgIpc) is 3.09. The van der Waals surface area contributed by atoms with Gasteiger partial charge < -0.3 is 9.72 Å². The molecule has 0 radical (unpaired) electrons. The molecule has 0 aliphatic heterocycles. The van der Waals surface area contributed by atoms with E-state index in [1.54, 1.807) is 37.8 Å². The number of ketones is 1. The standard InChI is InChI=1S/C16H13N3O2/c1-21-13-4-2-3-11(9-13)14-10-12(5-6-17-14)15(20)16-18-7-8-19-16/h2-10H,1H3,(H,18,19). The van der Waals surface area contributed by atoms with E-state index in [-0.39, 0.29) is 5.78 Å². The molecule has 0 bridgehead atoms. The molecule has 0 aliphatic carbocycles. The van der Waals surface area contributed by atoms with Crippen LogP contribution in [-0.4, -0.2) is 27.8 Å². The number of methoxy groups -OCH3 is 1. The lowest BCUT2D eigenvalue weighted by Gasteiger charge is -2.05. The lowest BCUT2D eigenvalue weighted by atomic mass is 10.1. The van der Waals surface area contributed by atoms with Crippen LogP contribution in [0.25, 0.3) is 11.3 Å². The molecule has 0 saturated carbocycles. The van der Waals surface area contributed by atoms with Crippen LogP contribution in [0, 0.1) is 0 Å². The number of nitrogens with one attached hydrogen (secondary N) is 1. The van der Waals surface area contributed by atoms with E-state index in [1.165, 1.54) is 0 Å². The highest BCUT2D eigenvalue weighted by atomic mass is 16.5. The Balaban J connectivity index is 1.98. The first-order chi connectivity index (χ1) is 10.3. The normalized spacial score (nSPS) is 10.3. The van der Waals surface area contributed by atoms with Crippen molar-refractivity contribution in [1.29, 1.82) is 0 Å². The summed E-state index contributed by atoms with van der Waals surface area (Å²) in [6.07, 6.45) is 4.79. The van der Waals surface area contributed by atoms with Crippen molar-refractivity contribution in [3.63, 3.8) is 0 Å². The molecule has 2 aromatic heterocycles. The minimum Gasteiger partial charge on any atom is -0.497 e. The molecule has 21 heavy (non-hydrogen) atoms. The number of pyridine rings is 1. The Morgan fingerprint density at radius 2 is 2.05 bits per heavy atom. The van der Waals surface area contributed by atoms with Gasteiger partial charge in [0.05, 0.1) is 12.8 Å². The van der Waals surface area contributed by atoms with Gasteiger partial charge in [0, 0.05) is 29.7 Å². The second-order valence-corrected chi connectivity index (χ2v) is 4.43. The van der Waals surface area contributed by atoms with Crippen LogP contribution in [0.3, 0.4) is 0 Å². The van der Waals surface area contributed by atoms with Crippen LogP contribution in [0.4, 0.5) is 0 Å². The summed E-state index contributed by atoms with van der Waals surface area (Å²) in [5.41, 5.74) is 2.15. The van der Waals surface area contributed by atoms with Gasteiger partial charge in [-0.2, -0.15) is 0 Å². The smallest absolute Gasteiger partial charge is 0.228 e. The Morgan fingerprint density at radius 3 is 2.81 bits per heavy atom. The molecular formula is C16H13N3O2. The number of rotatable bonds is 4. The van der Waals surface area contributed by atoms with Gasteiger partial charge in [-0.25, -0.2) is 4.98 Å². The zero-order valence-corrected chi connectivity index (χ0v) is 11.4. The van der Waals surface area contributed by atoms with E-state index < -0.39 is 0 Å². The SMILES string of the molecule is COc1cccc(-c2cc(C(=O)c3ncc[nH]3)ccn2)c1. The maximum absolute atomic E-state index is 12.3. The molecule has 0 aliphatic rings. The van der Waals surface area contributed by atoms with Crippen molar-refractivity contribution in [2.24, 2.45) is 0 Å². The maximum Gasteiger partial charge on any atom is 0.228 e. The van der Waals surface area contributed by atoms with E-state index in [0.717, 1.165) is 11.3 Å². The summed E-state index contributed by atoms with van der Waals surface area (Å²) in [7, 11) is 1.61. The molecule has 1 aromatic carbocycles. The molecule has 5 nitrogen and oxygen atoms in total. The largest absolute Gasteiger partial charge is 0.497 e. The van der Waals surface area contributed by atoms with Crippen LogP contribution in [0.2, 0.25) is 0 Å². The van der Waals surface area contributed by atoms with Gasteiger partial charge in [0.2, 0.25) is 5.78 Å². The first-order valence-corrected chi connectivity index (χ1v) is 6.42. The zero-order valence-electron chi connectivity index (χ0n) is 11.4. The highest BCUT2D eigenvalue weighted by Crippen LogP contribution is 2.23. The molecular weight excluding hydrogens is 266 g/mol. The van der Waals surface area contributed by atoms with Crippen LogP contribution in [-0.2, 0) is 0 Å². The minimum absolute atomic E-state index is 0.161. The predicted molar refractivity (Wildman–Crippen MR) is 78.2 cm³/mol.